The molecule has 0 aromatic rings. The summed E-state index contributed by atoms with van der Waals surface area (Å²) < 4.78 is 68.4. The molecule has 11 heavy (non-hydrogen) atoms. The molecule has 2 N–H and O–H groups in total. The first-order chi connectivity index (χ1) is 4.75. The SMILES string of the molecule is NOC(F)(C(F)F)C(F)(F)F. The van der Waals surface area contributed by atoms with E-state index >= 15 is 0 Å². The summed E-state index contributed by atoms with van der Waals surface area (Å²) in [6.45, 7) is 0. The van der Waals surface area contributed by atoms with Crippen LogP contribution in [0.4, 0.5) is 26.3 Å². The molecular weight excluding hydrogens is 180 g/mol. The van der Waals surface area contributed by atoms with Crippen LogP contribution in [0.1, 0.15) is 0 Å². The van der Waals surface area contributed by atoms with Gasteiger partial charge in [-0.1, -0.05) is 0 Å². The summed E-state index contributed by atoms with van der Waals surface area (Å²) in [5.41, 5.74) is 0. The minimum Gasteiger partial charge on any atom is -0.250 e. The molecule has 0 amide bonds. The third-order valence-electron chi connectivity index (χ3n) is 0.839. The van der Waals surface area contributed by atoms with Gasteiger partial charge in [0.15, 0.2) is 0 Å². The van der Waals surface area contributed by atoms with Gasteiger partial charge >= 0.3 is 18.5 Å². The lowest BCUT2D eigenvalue weighted by Crippen LogP contribution is -2.51. The molecule has 0 saturated carbocycles. The van der Waals surface area contributed by atoms with Gasteiger partial charge in [-0.25, -0.2) is 19.5 Å². The molecule has 2 nitrogen and oxygen atoms in total. The standard InChI is InChI=1S/C3H3F6NO/c4-1(5)2(6,11-10)3(7,8)9/h1H,10H2. The van der Waals surface area contributed by atoms with Crippen molar-refractivity contribution in [3.8, 4) is 0 Å². The molecule has 1 atom stereocenters. The Morgan fingerprint density at radius 1 is 1.09 bits per heavy atom. The van der Waals surface area contributed by atoms with Gasteiger partial charge in [0.05, 0.1) is 0 Å². The zero-order valence-electron chi connectivity index (χ0n) is 4.83. The Labute approximate surface area is 56.9 Å². The molecule has 8 heteroatoms. The van der Waals surface area contributed by atoms with Crippen molar-refractivity contribution in [3.05, 3.63) is 0 Å². The fourth-order valence-corrected chi connectivity index (χ4v) is 0.242. The van der Waals surface area contributed by atoms with E-state index in [-0.39, 0.29) is 0 Å². The zero-order chi connectivity index (χ0) is 9.28. The Morgan fingerprint density at radius 2 is 1.45 bits per heavy atom. The summed E-state index contributed by atoms with van der Waals surface area (Å²) in [4.78, 5) is 2.52. The Morgan fingerprint density at radius 3 is 1.45 bits per heavy atom. The molecule has 0 aliphatic carbocycles. The summed E-state index contributed by atoms with van der Waals surface area (Å²) >= 11 is 0. The van der Waals surface area contributed by atoms with E-state index in [9.17, 15) is 26.3 Å². The normalized spacial score (nSPS) is 18.5. The summed E-state index contributed by atoms with van der Waals surface area (Å²) in [5, 5.41) is 0. The maximum Gasteiger partial charge on any atom is 0.456 e. The van der Waals surface area contributed by atoms with Crippen LogP contribution >= 0.6 is 0 Å². The number of halogens is 6. The highest BCUT2D eigenvalue weighted by molar-refractivity contribution is 4.78. The highest BCUT2D eigenvalue weighted by atomic mass is 19.4. The quantitative estimate of drug-likeness (QED) is 0.518. The molecule has 0 aromatic carbocycles. The van der Waals surface area contributed by atoms with Crippen LogP contribution in [0, 0.1) is 0 Å². The van der Waals surface area contributed by atoms with Gasteiger partial charge in [0.25, 0.3) is 0 Å². The molecular formula is C3H3F6NO. The molecule has 0 bridgehead atoms. The van der Waals surface area contributed by atoms with Crippen molar-refractivity contribution in [2.24, 2.45) is 5.90 Å². The van der Waals surface area contributed by atoms with E-state index < -0.39 is 18.5 Å². The fourth-order valence-electron chi connectivity index (χ4n) is 0.242. The van der Waals surface area contributed by atoms with Gasteiger partial charge in [0.1, 0.15) is 0 Å². The monoisotopic (exact) mass is 183 g/mol. The van der Waals surface area contributed by atoms with Gasteiger partial charge in [-0.05, 0) is 0 Å². The molecule has 0 heterocycles. The summed E-state index contributed by atoms with van der Waals surface area (Å²) in [7, 11) is 0. The molecule has 0 aromatic heterocycles. The van der Waals surface area contributed by atoms with Crippen molar-refractivity contribution in [1.82, 2.24) is 0 Å². The van der Waals surface area contributed by atoms with Gasteiger partial charge < -0.3 is 0 Å². The predicted molar refractivity (Wildman–Crippen MR) is 21.2 cm³/mol. The van der Waals surface area contributed by atoms with Gasteiger partial charge in [-0.15, -0.1) is 0 Å². The Hall–Kier alpha value is -0.500. The van der Waals surface area contributed by atoms with E-state index in [1.807, 2.05) is 0 Å². The second-order valence-corrected chi connectivity index (χ2v) is 1.56. The van der Waals surface area contributed by atoms with Crippen LogP contribution < -0.4 is 5.90 Å². The highest BCUT2D eigenvalue weighted by Gasteiger charge is 2.64. The average molecular weight is 183 g/mol. The van der Waals surface area contributed by atoms with E-state index in [2.05, 4.69) is 10.7 Å². The van der Waals surface area contributed by atoms with Crippen molar-refractivity contribution in [2.75, 3.05) is 0 Å². The van der Waals surface area contributed by atoms with Crippen LogP contribution in [0.25, 0.3) is 0 Å². The molecule has 0 aliphatic heterocycles. The number of rotatable bonds is 2. The van der Waals surface area contributed by atoms with Gasteiger partial charge in [0, 0.05) is 0 Å². The second kappa shape index (κ2) is 2.86. The molecule has 0 radical (unpaired) electrons. The lowest BCUT2D eigenvalue weighted by Gasteiger charge is -2.23. The lowest BCUT2D eigenvalue weighted by molar-refractivity contribution is -0.371. The van der Waals surface area contributed by atoms with Crippen LogP contribution in [-0.2, 0) is 4.84 Å². The first kappa shape index (κ1) is 10.5. The van der Waals surface area contributed by atoms with Crippen molar-refractivity contribution in [2.45, 2.75) is 18.5 Å². The van der Waals surface area contributed by atoms with Gasteiger partial charge in [0.2, 0.25) is 0 Å². The van der Waals surface area contributed by atoms with Crippen LogP contribution in [0.5, 0.6) is 0 Å². The largest absolute Gasteiger partial charge is 0.456 e. The molecule has 0 spiro atoms. The van der Waals surface area contributed by atoms with E-state index in [1.54, 1.807) is 0 Å². The van der Waals surface area contributed by atoms with Gasteiger partial charge in [-0.3, -0.25) is 0 Å². The van der Waals surface area contributed by atoms with Crippen molar-refractivity contribution < 1.29 is 31.2 Å². The van der Waals surface area contributed by atoms with Crippen molar-refractivity contribution >= 4 is 0 Å². The number of alkyl halides is 6. The Kier molecular flexibility index (Phi) is 2.73. The van der Waals surface area contributed by atoms with E-state index in [4.69, 9.17) is 0 Å². The first-order valence-electron chi connectivity index (χ1n) is 2.17. The number of hydrogen-bond acceptors (Lipinski definition) is 2. The van der Waals surface area contributed by atoms with Crippen LogP contribution in [0.15, 0.2) is 0 Å². The summed E-state index contributed by atoms with van der Waals surface area (Å²) in [5.74, 6) is -1.36. The van der Waals surface area contributed by atoms with Crippen LogP contribution in [0.2, 0.25) is 0 Å². The molecule has 1 unspecified atom stereocenters. The van der Waals surface area contributed by atoms with Gasteiger partial charge in [-0.2, -0.15) is 17.6 Å². The smallest absolute Gasteiger partial charge is 0.250 e. The maximum absolute atomic E-state index is 11.9. The molecule has 68 valence electrons. The fraction of sp³-hybridized carbons (Fsp3) is 1.00. The lowest BCUT2D eigenvalue weighted by atomic mass is 10.3. The molecule has 0 aliphatic rings. The van der Waals surface area contributed by atoms with Crippen molar-refractivity contribution in [1.29, 1.82) is 0 Å². The first-order valence-corrected chi connectivity index (χ1v) is 2.17. The average Bonchev–Trinajstić information content (AvgIpc) is 1.83. The van der Waals surface area contributed by atoms with Crippen LogP contribution in [-0.4, -0.2) is 18.5 Å². The number of nitrogens with two attached hydrogens (primary N) is 1. The van der Waals surface area contributed by atoms with Crippen LogP contribution in [0.3, 0.4) is 0 Å². The Bertz CT molecular complexity index is 134. The minimum atomic E-state index is -5.84. The number of hydrogen-bond donors (Lipinski definition) is 1. The van der Waals surface area contributed by atoms with E-state index in [0.717, 1.165) is 0 Å². The Balaban J connectivity index is 4.61. The zero-order valence-corrected chi connectivity index (χ0v) is 4.83. The molecule has 0 fully saturated rings. The maximum atomic E-state index is 11.9. The summed E-state index contributed by atoms with van der Waals surface area (Å²) in [6.07, 6.45) is -10.2. The predicted octanol–water partition coefficient (Wildman–Crippen LogP) is 1.37. The van der Waals surface area contributed by atoms with Crippen molar-refractivity contribution in [3.63, 3.8) is 0 Å². The van der Waals surface area contributed by atoms with E-state index in [0.29, 0.717) is 0 Å². The minimum absolute atomic E-state index is 2.52. The molecule has 0 saturated heterocycles. The van der Waals surface area contributed by atoms with E-state index in [1.165, 1.54) is 0 Å². The summed E-state index contributed by atoms with van der Waals surface area (Å²) in [6, 6.07) is 0. The topological polar surface area (TPSA) is 35.2 Å². The third-order valence-corrected chi connectivity index (χ3v) is 0.839. The highest BCUT2D eigenvalue weighted by Crippen LogP contribution is 2.38. The second-order valence-electron chi connectivity index (χ2n) is 1.56. The third kappa shape index (κ3) is 1.74. The molecule has 0 rings (SSSR count).